The number of carbonyl (C=O) groups excluding carboxylic acids is 1. The fourth-order valence-corrected chi connectivity index (χ4v) is 3.14. The average Bonchev–Trinajstić information content (AvgIpc) is 3.00. The third-order valence-corrected chi connectivity index (χ3v) is 4.19. The summed E-state index contributed by atoms with van der Waals surface area (Å²) < 4.78 is 0. The van der Waals surface area contributed by atoms with Gasteiger partial charge in [0, 0.05) is 11.3 Å². The van der Waals surface area contributed by atoms with E-state index in [0.717, 1.165) is 18.7 Å². The number of nitrogens with one attached hydrogen (secondary N) is 2. The molecule has 2 atom stereocenters. The molecule has 0 radical (unpaired) electrons. The quantitative estimate of drug-likeness (QED) is 0.648. The van der Waals surface area contributed by atoms with Crippen molar-refractivity contribution in [1.29, 1.82) is 0 Å². The topological polar surface area (TPSA) is 96.7 Å². The van der Waals surface area contributed by atoms with E-state index in [4.69, 9.17) is 5.73 Å². The summed E-state index contributed by atoms with van der Waals surface area (Å²) in [7, 11) is 0. The summed E-state index contributed by atoms with van der Waals surface area (Å²) in [5.41, 5.74) is 4.89. The van der Waals surface area contributed by atoms with Crippen molar-refractivity contribution in [2.45, 2.75) is 62.0 Å². The summed E-state index contributed by atoms with van der Waals surface area (Å²) in [6, 6.07) is 0.445. The van der Waals surface area contributed by atoms with Crippen LogP contribution in [0.1, 0.15) is 38.9 Å². The first-order valence-electron chi connectivity index (χ1n) is 6.52. The SMILES string of the molecule is Cc1nc(SC(C)CC(C)(NC2CC2)C(N)=O)n[nH]1. The Morgan fingerprint density at radius 3 is 2.84 bits per heavy atom. The zero-order chi connectivity index (χ0) is 14.0. The highest BCUT2D eigenvalue weighted by atomic mass is 32.2. The molecule has 6 nitrogen and oxygen atoms in total. The second kappa shape index (κ2) is 5.50. The number of aromatic amines is 1. The van der Waals surface area contributed by atoms with Crippen molar-refractivity contribution in [1.82, 2.24) is 20.5 Å². The number of nitrogens with zero attached hydrogens (tertiary/aromatic N) is 2. The lowest BCUT2D eigenvalue weighted by atomic mass is 9.95. The molecule has 4 N–H and O–H groups in total. The molecule has 1 aliphatic carbocycles. The van der Waals surface area contributed by atoms with Crippen LogP contribution in [0.4, 0.5) is 0 Å². The van der Waals surface area contributed by atoms with Gasteiger partial charge in [-0.25, -0.2) is 4.98 Å². The van der Waals surface area contributed by atoms with Crippen LogP contribution < -0.4 is 11.1 Å². The van der Waals surface area contributed by atoms with Gasteiger partial charge in [-0.1, -0.05) is 18.7 Å². The van der Waals surface area contributed by atoms with Crippen molar-refractivity contribution in [2.75, 3.05) is 0 Å². The molecule has 0 bridgehead atoms. The van der Waals surface area contributed by atoms with Crippen LogP contribution in [0.2, 0.25) is 0 Å². The molecular weight excluding hydrogens is 262 g/mol. The van der Waals surface area contributed by atoms with Crippen molar-refractivity contribution in [3.8, 4) is 0 Å². The van der Waals surface area contributed by atoms with Crippen LogP contribution in [0.3, 0.4) is 0 Å². The Balaban J connectivity index is 1.94. The van der Waals surface area contributed by atoms with Crippen LogP contribution >= 0.6 is 11.8 Å². The number of nitrogens with two attached hydrogens (primary N) is 1. The zero-order valence-corrected chi connectivity index (χ0v) is 12.4. The van der Waals surface area contributed by atoms with Crippen LogP contribution in [0.25, 0.3) is 0 Å². The van der Waals surface area contributed by atoms with Crippen molar-refractivity contribution in [3.63, 3.8) is 0 Å². The Bertz CT molecular complexity index is 459. The van der Waals surface area contributed by atoms with Crippen LogP contribution in [-0.2, 0) is 4.79 Å². The number of hydrogen-bond acceptors (Lipinski definition) is 5. The molecule has 1 amide bonds. The van der Waals surface area contributed by atoms with E-state index in [0.29, 0.717) is 17.6 Å². The van der Waals surface area contributed by atoms with Gasteiger partial charge in [0.15, 0.2) is 0 Å². The van der Waals surface area contributed by atoms with Gasteiger partial charge in [0.2, 0.25) is 11.1 Å². The maximum atomic E-state index is 11.7. The number of thioether (sulfide) groups is 1. The highest BCUT2D eigenvalue weighted by Crippen LogP contribution is 2.29. The molecule has 2 rings (SSSR count). The number of amides is 1. The Morgan fingerprint density at radius 2 is 2.37 bits per heavy atom. The number of primary amides is 1. The van der Waals surface area contributed by atoms with E-state index in [2.05, 4.69) is 27.4 Å². The minimum Gasteiger partial charge on any atom is -0.368 e. The number of carbonyl (C=O) groups is 1. The molecule has 1 aliphatic rings. The number of hydrogen-bond donors (Lipinski definition) is 3. The largest absolute Gasteiger partial charge is 0.368 e. The minimum atomic E-state index is -0.654. The Kier molecular flexibility index (Phi) is 4.15. The van der Waals surface area contributed by atoms with E-state index < -0.39 is 5.54 Å². The van der Waals surface area contributed by atoms with Crippen LogP contribution in [0.5, 0.6) is 0 Å². The number of rotatable bonds is 7. The number of aromatic nitrogens is 3. The molecule has 7 heteroatoms. The second-order valence-electron chi connectivity index (χ2n) is 5.45. The fraction of sp³-hybridized carbons (Fsp3) is 0.750. The Morgan fingerprint density at radius 1 is 1.68 bits per heavy atom. The molecule has 0 spiro atoms. The predicted octanol–water partition coefficient (Wildman–Crippen LogP) is 0.980. The minimum absolute atomic E-state index is 0.207. The molecular formula is C12H21N5OS. The van der Waals surface area contributed by atoms with Gasteiger partial charge < -0.3 is 11.1 Å². The molecule has 0 aliphatic heterocycles. The first-order valence-corrected chi connectivity index (χ1v) is 7.40. The Hall–Kier alpha value is -1.08. The first kappa shape index (κ1) is 14.3. The fourth-order valence-electron chi connectivity index (χ4n) is 2.08. The smallest absolute Gasteiger partial charge is 0.237 e. The van der Waals surface area contributed by atoms with Crippen molar-refractivity contribution in [3.05, 3.63) is 5.82 Å². The van der Waals surface area contributed by atoms with Gasteiger partial charge in [-0.2, -0.15) is 0 Å². The summed E-state index contributed by atoms with van der Waals surface area (Å²) in [5, 5.41) is 11.2. The number of H-pyrrole nitrogens is 1. The van der Waals surface area contributed by atoms with Crippen molar-refractivity contribution in [2.24, 2.45) is 5.73 Å². The lowest BCUT2D eigenvalue weighted by Gasteiger charge is -2.29. The summed E-state index contributed by atoms with van der Waals surface area (Å²) in [6.45, 7) is 5.81. The van der Waals surface area contributed by atoms with Gasteiger partial charge in [0.05, 0.1) is 5.54 Å². The summed E-state index contributed by atoms with van der Waals surface area (Å²) in [4.78, 5) is 15.9. The van der Waals surface area contributed by atoms with E-state index in [9.17, 15) is 4.79 Å². The average molecular weight is 283 g/mol. The molecule has 1 aromatic heterocycles. The third kappa shape index (κ3) is 3.94. The van der Waals surface area contributed by atoms with E-state index in [1.165, 1.54) is 0 Å². The highest BCUT2D eigenvalue weighted by Gasteiger charge is 2.38. The number of aryl methyl sites for hydroxylation is 1. The van der Waals surface area contributed by atoms with Crippen molar-refractivity contribution < 1.29 is 4.79 Å². The second-order valence-corrected chi connectivity index (χ2v) is 6.86. The standard InChI is InChI=1S/C12H21N5OS/c1-7(19-11-14-8(2)16-17-11)6-12(3,10(13)18)15-9-4-5-9/h7,9,15H,4-6H2,1-3H3,(H2,13,18)(H,14,16,17). The van der Waals surface area contributed by atoms with Crippen molar-refractivity contribution >= 4 is 17.7 Å². The first-order chi connectivity index (χ1) is 8.89. The molecule has 1 aromatic rings. The summed E-state index contributed by atoms with van der Waals surface area (Å²) in [6.07, 6.45) is 2.92. The van der Waals surface area contributed by atoms with E-state index in [1.807, 2.05) is 13.8 Å². The predicted molar refractivity (Wildman–Crippen MR) is 74.8 cm³/mol. The van der Waals surface area contributed by atoms with Gasteiger partial charge in [-0.15, -0.1) is 5.10 Å². The lowest BCUT2D eigenvalue weighted by Crippen LogP contribution is -2.55. The summed E-state index contributed by atoms with van der Waals surface area (Å²) in [5.74, 6) is 0.501. The molecule has 0 aromatic carbocycles. The molecule has 1 saturated carbocycles. The van der Waals surface area contributed by atoms with E-state index in [-0.39, 0.29) is 11.2 Å². The highest BCUT2D eigenvalue weighted by molar-refractivity contribution is 7.99. The van der Waals surface area contributed by atoms with Crippen LogP contribution in [-0.4, -0.2) is 37.9 Å². The third-order valence-electron chi connectivity index (χ3n) is 3.22. The van der Waals surface area contributed by atoms with Gasteiger partial charge >= 0.3 is 0 Å². The van der Waals surface area contributed by atoms with Gasteiger partial charge in [-0.3, -0.25) is 9.89 Å². The molecule has 19 heavy (non-hydrogen) atoms. The van der Waals surface area contributed by atoms with Gasteiger partial charge in [0.25, 0.3) is 0 Å². The van der Waals surface area contributed by atoms with Crippen LogP contribution in [0.15, 0.2) is 5.16 Å². The van der Waals surface area contributed by atoms with E-state index in [1.54, 1.807) is 11.8 Å². The lowest BCUT2D eigenvalue weighted by molar-refractivity contribution is -0.124. The van der Waals surface area contributed by atoms with Gasteiger partial charge in [-0.05, 0) is 33.1 Å². The van der Waals surface area contributed by atoms with Gasteiger partial charge in [0.1, 0.15) is 5.82 Å². The van der Waals surface area contributed by atoms with E-state index >= 15 is 0 Å². The summed E-state index contributed by atoms with van der Waals surface area (Å²) >= 11 is 1.55. The Labute approximate surface area is 117 Å². The molecule has 1 heterocycles. The molecule has 0 saturated heterocycles. The molecule has 106 valence electrons. The maximum Gasteiger partial charge on any atom is 0.237 e. The molecule has 2 unspecified atom stereocenters. The van der Waals surface area contributed by atoms with Crippen LogP contribution in [0, 0.1) is 6.92 Å². The maximum absolute atomic E-state index is 11.7. The molecule has 1 fully saturated rings. The monoisotopic (exact) mass is 283 g/mol. The normalized spacial score (nSPS) is 19.9. The zero-order valence-electron chi connectivity index (χ0n) is 11.6.